The summed E-state index contributed by atoms with van der Waals surface area (Å²) in [5.74, 6) is -0.444. The molecule has 0 heterocycles. The predicted octanol–water partition coefficient (Wildman–Crippen LogP) is 5.73. The normalized spacial score (nSPS) is 13.5. The number of hydrogen-bond acceptors (Lipinski definition) is 2. The second-order valence-corrected chi connectivity index (χ2v) is 7.43. The Labute approximate surface area is 175 Å². The van der Waals surface area contributed by atoms with Crippen LogP contribution in [0.3, 0.4) is 0 Å². The van der Waals surface area contributed by atoms with E-state index in [-0.39, 0.29) is 11.5 Å². The van der Waals surface area contributed by atoms with Crippen molar-refractivity contribution in [3.05, 3.63) is 112 Å². The van der Waals surface area contributed by atoms with E-state index in [1.165, 1.54) is 17.2 Å². The topological polar surface area (TPSA) is 26.3 Å². The van der Waals surface area contributed by atoms with Crippen LogP contribution in [0.5, 0.6) is 0 Å². The Morgan fingerprint density at radius 2 is 1.40 bits per heavy atom. The summed E-state index contributed by atoms with van der Waals surface area (Å²) in [6, 6.07) is 23.0. The fraction of sp³-hybridized carbons (Fsp3) is 0.160. The smallest absolute Gasteiger partial charge is 0.505 e. The van der Waals surface area contributed by atoms with Crippen LogP contribution in [0.4, 0.5) is 8.63 Å². The van der Waals surface area contributed by atoms with Crippen molar-refractivity contribution in [1.82, 2.24) is 0 Å². The molecule has 4 aliphatic rings. The van der Waals surface area contributed by atoms with Crippen LogP contribution in [0.1, 0.15) is 38.2 Å². The molecular weight excluding hydrogens is 381 g/mol. The number of carbonyl (C=O) groups is 1. The van der Waals surface area contributed by atoms with Gasteiger partial charge in [-0.05, 0) is 54.0 Å². The first-order valence-electron chi connectivity index (χ1n) is 10.0. The molecule has 0 N–H and O–H groups in total. The monoisotopic (exact) mass is 402 g/mol. The molecule has 0 spiro atoms. The Kier molecular flexibility index (Phi) is 6.08. The number of carbonyl (C=O) groups excluding carboxylic acids is 1. The zero-order valence-electron chi connectivity index (χ0n) is 16.5. The lowest BCUT2D eigenvalue weighted by Gasteiger charge is -2.14. The minimum atomic E-state index is -3.00. The van der Waals surface area contributed by atoms with E-state index in [0.29, 0.717) is 17.5 Å². The molecule has 0 saturated heterocycles. The summed E-state index contributed by atoms with van der Waals surface area (Å²) in [5, 5.41) is 0. The zero-order chi connectivity index (χ0) is 20.9. The number of hydrogen-bond donors (Lipinski definition) is 0. The number of aryl methyl sites for hydroxylation is 4. The number of allylic oxidation sites excluding steroid dienone is 1. The Morgan fingerprint density at radius 3 is 2.07 bits per heavy atom. The van der Waals surface area contributed by atoms with E-state index >= 15 is 0 Å². The number of benzene rings is 3. The standard InChI is InChI=1S/C25H21BF2O2/c27-26(28)30-25(22-4-2-1-3-5-22)17-24(29)23-16-20-11-10-18-6-8-19(9-7-18)12-14-21(23)15-13-20/h1-9,13,15-17H,10-12,14H2/b25-17-. The lowest BCUT2D eigenvalue weighted by Crippen LogP contribution is -2.09. The van der Waals surface area contributed by atoms with Crippen LogP contribution in [-0.2, 0) is 30.3 Å². The first-order valence-corrected chi connectivity index (χ1v) is 10.0. The predicted molar refractivity (Wildman–Crippen MR) is 116 cm³/mol. The van der Waals surface area contributed by atoms with Gasteiger partial charge in [0.05, 0.1) is 0 Å². The average Bonchev–Trinajstić information content (AvgIpc) is 2.75. The molecule has 3 aromatic carbocycles. The molecule has 7 rings (SSSR count). The van der Waals surface area contributed by atoms with Gasteiger partial charge in [0.15, 0.2) is 5.78 Å². The van der Waals surface area contributed by atoms with Crippen molar-refractivity contribution in [1.29, 1.82) is 0 Å². The van der Waals surface area contributed by atoms with Gasteiger partial charge in [0, 0.05) is 17.2 Å². The third kappa shape index (κ3) is 4.85. The SMILES string of the molecule is O=C(/C=C(\OB(F)F)c1ccccc1)c1cc2ccc1CCc1ccc(cc1)CC2. The van der Waals surface area contributed by atoms with Crippen LogP contribution in [-0.4, -0.2) is 13.3 Å². The summed E-state index contributed by atoms with van der Waals surface area (Å²) >= 11 is 0. The maximum Gasteiger partial charge on any atom is 0.796 e. The van der Waals surface area contributed by atoms with E-state index in [4.69, 9.17) is 0 Å². The summed E-state index contributed by atoms with van der Waals surface area (Å²) in [6.45, 7) is 0. The van der Waals surface area contributed by atoms with Crippen LogP contribution >= 0.6 is 0 Å². The van der Waals surface area contributed by atoms with Gasteiger partial charge in [-0.1, -0.05) is 66.7 Å². The van der Waals surface area contributed by atoms with Gasteiger partial charge >= 0.3 is 7.47 Å². The Morgan fingerprint density at radius 1 is 0.800 bits per heavy atom. The number of ketones is 1. The lowest BCUT2D eigenvalue weighted by atomic mass is 9.91. The van der Waals surface area contributed by atoms with Crippen LogP contribution in [0.2, 0.25) is 0 Å². The van der Waals surface area contributed by atoms with E-state index in [2.05, 4.69) is 35.0 Å². The molecule has 0 radical (unpaired) electrons. The maximum atomic E-state index is 13.2. The minimum absolute atomic E-state index is 0.122. The fourth-order valence-corrected chi connectivity index (χ4v) is 3.75. The zero-order valence-corrected chi connectivity index (χ0v) is 16.5. The molecule has 3 aromatic rings. The molecule has 5 heteroatoms. The molecule has 4 aliphatic carbocycles. The van der Waals surface area contributed by atoms with Crippen molar-refractivity contribution in [2.75, 3.05) is 0 Å². The van der Waals surface area contributed by atoms with Crippen LogP contribution in [0.25, 0.3) is 5.76 Å². The highest BCUT2D eigenvalue weighted by molar-refractivity contribution is 6.36. The van der Waals surface area contributed by atoms with Crippen molar-refractivity contribution in [2.45, 2.75) is 25.7 Å². The molecule has 30 heavy (non-hydrogen) atoms. The van der Waals surface area contributed by atoms with E-state index in [1.54, 1.807) is 30.3 Å². The van der Waals surface area contributed by atoms with Gasteiger partial charge in [0.2, 0.25) is 0 Å². The Balaban J connectivity index is 1.70. The second-order valence-electron chi connectivity index (χ2n) is 7.43. The van der Waals surface area contributed by atoms with Crippen molar-refractivity contribution in [3.8, 4) is 0 Å². The van der Waals surface area contributed by atoms with Crippen molar-refractivity contribution in [3.63, 3.8) is 0 Å². The molecule has 0 unspecified atom stereocenters. The second kappa shape index (κ2) is 9.08. The lowest BCUT2D eigenvalue weighted by molar-refractivity contribution is 0.104. The van der Waals surface area contributed by atoms with Gasteiger partial charge in [-0.2, -0.15) is 0 Å². The van der Waals surface area contributed by atoms with Gasteiger partial charge in [-0.15, -0.1) is 0 Å². The molecule has 4 bridgehead atoms. The summed E-state index contributed by atoms with van der Waals surface area (Å²) in [4.78, 5) is 13.2. The molecule has 150 valence electrons. The first-order chi connectivity index (χ1) is 14.6. The van der Waals surface area contributed by atoms with E-state index in [0.717, 1.165) is 30.4 Å². The van der Waals surface area contributed by atoms with Gasteiger partial charge in [-0.3, -0.25) is 4.79 Å². The third-order valence-electron chi connectivity index (χ3n) is 5.38. The van der Waals surface area contributed by atoms with Gasteiger partial charge in [-0.25, -0.2) is 8.63 Å². The highest BCUT2D eigenvalue weighted by Crippen LogP contribution is 2.23. The van der Waals surface area contributed by atoms with E-state index in [1.807, 2.05) is 12.1 Å². The summed E-state index contributed by atoms with van der Waals surface area (Å²) in [5.41, 5.74) is 5.42. The maximum absolute atomic E-state index is 13.2. The van der Waals surface area contributed by atoms with E-state index < -0.39 is 7.47 Å². The Bertz CT molecular complexity index is 1060. The summed E-state index contributed by atoms with van der Waals surface area (Å²) in [6.07, 6.45) is 4.38. The molecule has 0 fully saturated rings. The Hall–Kier alpha value is -3.21. The molecular formula is C25H21BF2O2. The molecule has 0 aliphatic heterocycles. The molecule has 0 aromatic heterocycles. The molecule has 0 saturated carbocycles. The van der Waals surface area contributed by atoms with Crippen molar-refractivity contribution < 1.29 is 18.1 Å². The van der Waals surface area contributed by atoms with Crippen LogP contribution < -0.4 is 0 Å². The quantitative estimate of drug-likeness (QED) is 0.236. The fourth-order valence-electron chi connectivity index (χ4n) is 3.75. The number of halogens is 2. The van der Waals surface area contributed by atoms with E-state index in [9.17, 15) is 13.4 Å². The minimum Gasteiger partial charge on any atom is -0.505 e. The summed E-state index contributed by atoms with van der Waals surface area (Å²) < 4.78 is 30.6. The largest absolute Gasteiger partial charge is 0.796 e. The third-order valence-corrected chi connectivity index (χ3v) is 5.38. The highest BCUT2D eigenvalue weighted by Gasteiger charge is 2.22. The van der Waals surface area contributed by atoms with Gasteiger partial charge in [0.1, 0.15) is 5.76 Å². The highest BCUT2D eigenvalue weighted by atomic mass is 19.2. The van der Waals surface area contributed by atoms with Crippen molar-refractivity contribution in [2.24, 2.45) is 0 Å². The molecule has 2 nitrogen and oxygen atoms in total. The molecule has 0 amide bonds. The van der Waals surface area contributed by atoms with Gasteiger partial charge < -0.3 is 4.65 Å². The average molecular weight is 402 g/mol. The first kappa shape index (κ1) is 20.1. The number of rotatable bonds is 5. The van der Waals surface area contributed by atoms with Crippen LogP contribution in [0.15, 0.2) is 78.9 Å². The molecule has 0 atom stereocenters. The summed E-state index contributed by atoms with van der Waals surface area (Å²) in [7, 11) is -3.00. The van der Waals surface area contributed by atoms with Crippen molar-refractivity contribution >= 4 is 19.0 Å². The van der Waals surface area contributed by atoms with Crippen LogP contribution in [0, 0.1) is 0 Å². The van der Waals surface area contributed by atoms with Gasteiger partial charge in [0.25, 0.3) is 0 Å².